The molecule has 0 radical (unpaired) electrons. The minimum atomic E-state index is -3.93. The van der Waals surface area contributed by atoms with E-state index in [0.29, 0.717) is 6.42 Å². The summed E-state index contributed by atoms with van der Waals surface area (Å²) in [6.07, 6.45) is 1.53. The molecule has 0 aliphatic heterocycles. The standard InChI is InChI=1S/C13H18Cl2FNO2S/c1-4-5-9(2)17(3)20(18,19)12-7-11(15)6-10(8-14)13(12)16/h6-7,9H,4-5,8H2,1-3H3. The molecule has 0 aliphatic carbocycles. The summed E-state index contributed by atoms with van der Waals surface area (Å²) in [6.45, 7) is 3.74. The maximum atomic E-state index is 14.2. The quantitative estimate of drug-likeness (QED) is 0.732. The van der Waals surface area contributed by atoms with E-state index in [0.717, 1.165) is 12.5 Å². The summed E-state index contributed by atoms with van der Waals surface area (Å²) in [5, 5.41) is 0.150. The van der Waals surface area contributed by atoms with Gasteiger partial charge in [-0.25, -0.2) is 12.8 Å². The molecule has 7 heteroatoms. The van der Waals surface area contributed by atoms with Crippen molar-refractivity contribution < 1.29 is 12.8 Å². The summed E-state index contributed by atoms with van der Waals surface area (Å²) >= 11 is 11.5. The molecule has 0 amide bonds. The number of halogens is 3. The Kier molecular flexibility index (Phi) is 6.25. The molecule has 1 aromatic rings. The summed E-state index contributed by atoms with van der Waals surface area (Å²) in [5.41, 5.74) is 0.0780. The molecule has 0 fully saturated rings. The first-order chi connectivity index (χ1) is 9.25. The molecular formula is C13H18Cl2FNO2S. The summed E-state index contributed by atoms with van der Waals surface area (Å²) in [6, 6.07) is 2.23. The van der Waals surface area contributed by atoms with E-state index in [1.54, 1.807) is 6.92 Å². The second-order valence-corrected chi connectivity index (χ2v) is 7.34. The van der Waals surface area contributed by atoms with Crippen LogP contribution >= 0.6 is 23.2 Å². The highest BCUT2D eigenvalue weighted by Crippen LogP contribution is 2.28. The van der Waals surface area contributed by atoms with E-state index in [4.69, 9.17) is 23.2 Å². The molecule has 114 valence electrons. The topological polar surface area (TPSA) is 37.4 Å². The van der Waals surface area contributed by atoms with Crippen LogP contribution in [0.15, 0.2) is 17.0 Å². The van der Waals surface area contributed by atoms with Crippen LogP contribution in [0.1, 0.15) is 32.3 Å². The average molecular weight is 342 g/mol. The molecule has 0 bridgehead atoms. The zero-order chi connectivity index (χ0) is 15.5. The van der Waals surface area contributed by atoms with E-state index >= 15 is 0 Å². The number of hydrogen-bond acceptors (Lipinski definition) is 2. The Balaban J connectivity index is 3.32. The van der Waals surface area contributed by atoms with Crippen molar-refractivity contribution in [1.29, 1.82) is 0 Å². The van der Waals surface area contributed by atoms with E-state index in [1.165, 1.54) is 17.4 Å². The van der Waals surface area contributed by atoms with Crippen molar-refractivity contribution in [3.63, 3.8) is 0 Å². The zero-order valence-corrected chi connectivity index (χ0v) is 14.0. The maximum Gasteiger partial charge on any atom is 0.246 e. The van der Waals surface area contributed by atoms with E-state index in [9.17, 15) is 12.8 Å². The van der Waals surface area contributed by atoms with Crippen molar-refractivity contribution in [2.75, 3.05) is 7.05 Å². The first kappa shape index (κ1) is 17.7. The Labute approximate surface area is 129 Å². The second kappa shape index (κ2) is 7.07. The van der Waals surface area contributed by atoms with Gasteiger partial charge in [-0.2, -0.15) is 4.31 Å². The molecule has 1 unspecified atom stereocenters. The summed E-state index contributed by atoms with van der Waals surface area (Å²) in [5.74, 6) is -0.969. The SMILES string of the molecule is CCCC(C)N(C)S(=O)(=O)c1cc(Cl)cc(CCl)c1F. The third kappa shape index (κ3) is 3.64. The normalized spacial score (nSPS) is 13.8. The van der Waals surface area contributed by atoms with Crippen LogP contribution in [0.25, 0.3) is 0 Å². The number of alkyl halides is 1. The summed E-state index contributed by atoms with van der Waals surface area (Å²) in [7, 11) is -2.49. The minimum Gasteiger partial charge on any atom is -0.207 e. The van der Waals surface area contributed by atoms with Crippen molar-refractivity contribution in [2.45, 2.75) is 43.5 Å². The molecular weight excluding hydrogens is 324 g/mol. The van der Waals surface area contributed by atoms with Gasteiger partial charge in [0.2, 0.25) is 10.0 Å². The minimum absolute atomic E-state index is 0.0780. The van der Waals surface area contributed by atoms with Crippen molar-refractivity contribution >= 4 is 33.2 Å². The van der Waals surface area contributed by atoms with Crippen molar-refractivity contribution in [3.8, 4) is 0 Å². The van der Waals surface area contributed by atoms with Gasteiger partial charge < -0.3 is 0 Å². The van der Waals surface area contributed by atoms with E-state index in [2.05, 4.69) is 0 Å². The van der Waals surface area contributed by atoms with E-state index in [1.807, 2.05) is 6.92 Å². The number of sulfonamides is 1. The fourth-order valence-corrected chi connectivity index (χ4v) is 3.92. The fourth-order valence-electron chi connectivity index (χ4n) is 1.89. The molecule has 0 aliphatic rings. The molecule has 1 atom stereocenters. The van der Waals surface area contributed by atoms with Crippen LogP contribution in [0.3, 0.4) is 0 Å². The van der Waals surface area contributed by atoms with Gasteiger partial charge in [0.15, 0.2) is 0 Å². The highest BCUT2D eigenvalue weighted by molar-refractivity contribution is 7.89. The Morgan fingerprint density at radius 3 is 2.50 bits per heavy atom. The van der Waals surface area contributed by atoms with Crippen LogP contribution in [0.2, 0.25) is 5.02 Å². The molecule has 0 saturated heterocycles. The molecule has 0 saturated carbocycles. The lowest BCUT2D eigenvalue weighted by molar-refractivity contribution is 0.366. The number of hydrogen-bond donors (Lipinski definition) is 0. The average Bonchev–Trinajstić information content (AvgIpc) is 2.40. The summed E-state index contributed by atoms with van der Waals surface area (Å²) in [4.78, 5) is -0.425. The van der Waals surface area contributed by atoms with Crippen LogP contribution in [-0.4, -0.2) is 25.8 Å². The maximum absolute atomic E-state index is 14.2. The molecule has 1 aromatic carbocycles. The number of nitrogens with zero attached hydrogens (tertiary/aromatic N) is 1. The first-order valence-electron chi connectivity index (χ1n) is 6.27. The van der Waals surface area contributed by atoms with Gasteiger partial charge in [-0.3, -0.25) is 0 Å². The molecule has 0 N–H and O–H groups in total. The molecule has 3 nitrogen and oxygen atoms in total. The monoisotopic (exact) mass is 341 g/mol. The first-order valence-corrected chi connectivity index (χ1v) is 8.62. The van der Waals surface area contributed by atoms with Crippen LogP contribution in [0.5, 0.6) is 0 Å². The Morgan fingerprint density at radius 2 is 2.00 bits per heavy atom. The Bertz CT molecular complexity index is 578. The van der Waals surface area contributed by atoms with Gasteiger partial charge >= 0.3 is 0 Å². The third-order valence-corrected chi connectivity index (χ3v) is 5.68. The number of rotatable bonds is 6. The van der Waals surface area contributed by atoms with E-state index < -0.39 is 20.7 Å². The third-order valence-electron chi connectivity index (χ3n) is 3.21. The van der Waals surface area contributed by atoms with Gasteiger partial charge in [0, 0.05) is 23.7 Å². The fraction of sp³-hybridized carbons (Fsp3) is 0.538. The van der Waals surface area contributed by atoms with Gasteiger partial charge in [-0.15, -0.1) is 11.6 Å². The Morgan fingerprint density at radius 1 is 1.40 bits per heavy atom. The van der Waals surface area contributed by atoms with Gasteiger partial charge in [0.1, 0.15) is 10.7 Å². The summed E-state index contributed by atoms with van der Waals surface area (Å²) < 4.78 is 40.3. The van der Waals surface area contributed by atoms with E-state index in [-0.39, 0.29) is 22.5 Å². The number of benzene rings is 1. The molecule has 0 heterocycles. The van der Waals surface area contributed by atoms with Gasteiger partial charge in [-0.1, -0.05) is 24.9 Å². The largest absolute Gasteiger partial charge is 0.246 e. The molecule has 0 aromatic heterocycles. The highest BCUT2D eigenvalue weighted by atomic mass is 35.5. The van der Waals surface area contributed by atoms with Crippen molar-refractivity contribution in [3.05, 3.63) is 28.5 Å². The van der Waals surface area contributed by atoms with Gasteiger partial charge in [0.05, 0.1) is 5.88 Å². The molecule has 20 heavy (non-hydrogen) atoms. The lowest BCUT2D eigenvalue weighted by atomic mass is 10.2. The highest BCUT2D eigenvalue weighted by Gasteiger charge is 2.29. The molecule has 1 rings (SSSR count). The van der Waals surface area contributed by atoms with Gasteiger partial charge in [-0.05, 0) is 25.5 Å². The predicted octanol–water partition coefficient (Wildman–Crippen LogP) is 4.03. The lowest BCUT2D eigenvalue weighted by Gasteiger charge is -2.24. The molecule has 0 spiro atoms. The van der Waals surface area contributed by atoms with Crippen LogP contribution < -0.4 is 0 Å². The second-order valence-electron chi connectivity index (χ2n) is 4.67. The van der Waals surface area contributed by atoms with Crippen LogP contribution in [-0.2, 0) is 15.9 Å². The van der Waals surface area contributed by atoms with Crippen molar-refractivity contribution in [1.82, 2.24) is 4.31 Å². The van der Waals surface area contributed by atoms with Crippen LogP contribution in [0.4, 0.5) is 4.39 Å². The predicted molar refractivity (Wildman–Crippen MR) is 80.3 cm³/mol. The van der Waals surface area contributed by atoms with Crippen molar-refractivity contribution in [2.24, 2.45) is 0 Å². The smallest absolute Gasteiger partial charge is 0.207 e. The Hall–Kier alpha value is -0.360. The van der Waals surface area contributed by atoms with Crippen LogP contribution in [0, 0.1) is 5.82 Å². The lowest BCUT2D eigenvalue weighted by Crippen LogP contribution is -2.35. The van der Waals surface area contributed by atoms with Gasteiger partial charge in [0.25, 0.3) is 0 Å². The zero-order valence-electron chi connectivity index (χ0n) is 11.7.